The van der Waals surface area contributed by atoms with E-state index in [4.69, 9.17) is 5.73 Å². The minimum atomic E-state index is -1.14. The van der Waals surface area contributed by atoms with Crippen LogP contribution < -0.4 is 11.1 Å². The number of nitrogens with one attached hydrogen (secondary N) is 1. The Labute approximate surface area is 216 Å². The largest absolute Gasteiger partial charge is 0.368 e. The van der Waals surface area contributed by atoms with Gasteiger partial charge in [0.15, 0.2) is 0 Å². The zero-order chi connectivity index (χ0) is 26.2. The summed E-state index contributed by atoms with van der Waals surface area (Å²) in [6.07, 6.45) is 10.1. The predicted molar refractivity (Wildman–Crippen MR) is 139 cm³/mol. The van der Waals surface area contributed by atoms with Gasteiger partial charge in [0, 0.05) is 24.2 Å². The zero-order valence-electron chi connectivity index (χ0n) is 21.5. The summed E-state index contributed by atoms with van der Waals surface area (Å²) < 4.78 is 15.6. The summed E-state index contributed by atoms with van der Waals surface area (Å²) >= 11 is 0. The molecule has 2 aromatic heterocycles. The van der Waals surface area contributed by atoms with Crippen molar-refractivity contribution in [2.75, 3.05) is 13.6 Å². The van der Waals surface area contributed by atoms with Crippen molar-refractivity contribution in [2.45, 2.75) is 63.5 Å². The average Bonchev–Trinajstić information content (AvgIpc) is 3.56. The smallest absolute Gasteiger partial charge is 0.238 e. The molecular weight excluding hydrogens is 471 g/mol. The Bertz CT molecular complexity index is 1300. The molecule has 1 unspecified atom stereocenters. The summed E-state index contributed by atoms with van der Waals surface area (Å²) in [7, 11) is 1.71. The third-order valence-electron chi connectivity index (χ3n) is 8.49. The van der Waals surface area contributed by atoms with Crippen LogP contribution in [0.3, 0.4) is 0 Å². The third kappa shape index (κ3) is 4.61. The van der Waals surface area contributed by atoms with Crippen molar-refractivity contribution in [2.24, 2.45) is 17.6 Å². The molecule has 1 saturated carbocycles. The number of fused-ring (bicyclic) bond motifs is 1. The third-order valence-corrected chi connectivity index (χ3v) is 8.49. The number of rotatable bonds is 7. The van der Waals surface area contributed by atoms with Gasteiger partial charge < -0.3 is 20.5 Å². The van der Waals surface area contributed by atoms with Crippen LogP contribution in [-0.4, -0.2) is 50.4 Å². The molecule has 1 saturated heterocycles. The van der Waals surface area contributed by atoms with Crippen LogP contribution in [0, 0.1) is 17.7 Å². The van der Waals surface area contributed by atoms with Crippen LogP contribution in [0.4, 0.5) is 4.39 Å². The van der Waals surface area contributed by atoms with Gasteiger partial charge in [0.2, 0.25) is 11.8 Å². The second-order valence-corrected chi connectivity index (χ2v) is 10.6. The van der Waals surface area contributed by atoms with Gasteiger partial charge in [-0.15, -0.1) is 0 Å². The highest BCUT2D eigenvalue weighted by Crippen LogP contribution is 2.41. The summed E-state index contributed by atoms with van der Waals surface area (Å²) in [6, 6.07) is 8.20. The van der Waals surface area contributed by atoms with Crippen LogP contribution in [-0.2, 0) is 9.59 Å². The van der Waals surface area contributed by atoms with Gasteiger partial charge in [-0.25, -0.2) is 14.4 Å². The Balaban J connectivity index is 1.48. The van der Waals surface area contributed by atoms with Crippen molar-refractivity contribution in [1.82, 2.24) is 24.8 Å². The Morgan fingerprint density at radius 1 is 1.11 bits per heavy atom. The van der Waals surface area contributed by atoms with Crippen LogP contribution >= 0.6 is 0 Å². The molecule has 2 aliphatic rings. The monoisotopic (exact) mass is 506 g/mol. The summed E-state index contributed by atoms with van der Waals surface area (Å²) in [5.41, 5.74) is 6.34. The number of aromatic nitrogens is 3. The minimum Gasteiger partial charge on any atom is -0.368 e. The lowest BCUT2D eigenvalue weighted by Crippen LogP contribution is -2.63. The lowest BCUT2D eigenvalue weighted by Gasteiger charge is -2.42. The van der Waals surface area contributed by atoms with Gasteiger partial charge in [0.05, 0.1) is 23.2 Å². The van der Waals surface area contributed by atoms with Crippen LogP contribution in [0.25, 0.3) is 16.7 Å². The molecule has 1 aromatic carbocycles. The van der Waals surface area contributed by atoms with E-state index in [-0.39, 0.29) is 23.7 Å². The number of benzene rings is 1. The van der Waals surface area contributed by atoms with E-state index < -0.39 is 17.4 Å². The second-order valence-electron chi connectivity index (χ2n) is 10.6. The minimum absolute atomic E-state index is 0.0351. The number of nitrogens with zero attached hydrogens (tertiary/aromatic N) is 4. The predicted octanol–water partition coefficient (Wildman–Crippen LogP) is 3.88. The first kappa shape index (κ1) is 25.3. The molecule has 3 aromatic rings. The van der Waals surface area contributed by atoms with Crippen molar-refractivity contribution >= 4 is 22.7 Å². The number of likely N-dealkylation sites (tertiary alicyclic amines) is 1. The van der Waals surface area contributed by atoms with Crippen molar-refractivity contribution in [1.29, 1.82) is 0 Å². The Morgan fingerprint density at radius 3 is 2.62 bits per heavy atom. The average molecular weight is 507 g/mol. The molecule has 2 fully saturated rings. The molecule has 196 valence electrons. The molecule has 1 aliphatic carbocycles. The van der Waals surface area contributed by atoms with E-state index in [9.17, 15) is 14.0 Å². The SMILES string of the molecule is CNC(C)(C(N)=O)[C@@H](C(=O)N1CCC[C@H]1c1cc(-n2ccc3cc(F)ccc32)ncn1)C1CCCCC1. The Kier molecular flexibility index (Phi) is 6.98. The molecular formula is C28H35FN6O2. The fraction of sp³-hybridized carbons (Fsp3) is 0.500. The molecule has 0 radical (unpaired) electrons. The summed E-state index contributed by atoms with van der Waals surface area (Å²) in [5.74, 6) is -0.611. The van der Waals surface area contributed by atoms with Gasteiger partial charge in [0.1, 0.15) is 23.5 Å². The number of halogens is 1. The lowest BCUT2D eigenvalue weighted by atomic mass is 9.69. The topological polar surface area (TPSA) is 106 Å². The van der Waals surface area contributed by atoms with E-state index in [2.05, 4.69) is 15.3 Å². The molecule has 37 heavy (non-hydrogen) atoms. The quantitative estimate of drug-likeness (QED) is 0.506. The Morgan fingerprint density at radius 2 is 1.89 bits per heavy atom. The normalized spacial score (nSPS) is 21.2. The highest BCUT2D eigenvalue weighted by atomic mass is 19.1. The molecule has 0 spiro atoms. The van der Waals surface area contributed by atoms with E-state index in [1.54, 1.807) is 20.0 Å². The number of nitrogens with two attached hydrogens (primary N) is 1. The van der Waals surface area contributed by atoms with Gasteiger partial charge in [-0.2, -0.15) is 0 Å². The highest BCUT2D eigenvalue weighted by Gasteiger charge is 2.50. The zero-order valence-corrected chi connectivity index (χ0v) is 21.5. The van der Waals surface area contributed by atoms with Crippen LogP contribution in [0.15, 0.2) is 42.9 Å². The number of likely N-dealkylation sites (N-methyl/N-ethyl adjacent to an activating group) is 1. The molecule has 1 aliphatic heterocycles. The number of primary amides is 1. The number of carbonyl (C=O) groups excluding carboxylic acids is 2. The molecule has 3 N–H and O–H groups in total. The van der Waals surface area contributed by atoms with E-state index >= 15 is 0 Å². The first-order chi connectivity index (χ1) is 17.8. The van der Waals surface area contributed by atoms with Gasteiger partial charge in [-0.1, -0.05) is 19.3 Å². The van der Waals surface area contributed by atoms with E-state index in [0.29, 0.717) is 12.4 Å². The summed E-state index contributed by atoms with van der Waals surface area (Å²) in [4.78, 5) is 37.8. The number of carbonyl (C=O) groups is 2. The first-order valence-corrected chi connectivity index (χ1v) is 13.2. The number of amides is 2. The van der Waals surface area contributed by atoms with Crippen LogP contribution in [0.2, 0.25) is 0 Å². The Hall–Kier alpha value is -3.33. The van der Waals surface area contributed by atoms with Crippen molar-refractivity contribution in [3.8, 4) is 5.82 Å². The molecule has 3 atom stereocenters. The van der Waals surface area contributed by atoms with Gasteiger partial charge in [0.25, 0.3) is 0 Å². The molecule has 0 bridgehead atoms. The highest BCUT2D eigenvalue weighted by molar-refractivity contribution is 5.93. The van der Waals surface area contributed by atoms with Crippen molar-refractivity contribution in [3.63, 3.8) is 0 Å². The van der Waals surface area contributed by atoms with Gasteiger partial charge >= 0.3 is 0 Å². The maximum Gasteiger partial charge on any atom is 0.238 e. The lowest BCUT2D eigenvalue weighted by molar-refractivity contribution is -0.147. The molecule has 8 nitrogen and oxygen atoms in total. The van der Waals surface area contributed by atoms with Gasteiger partial charge in [-0.3, -0.25) is 9.59 Å². The van der Waals surface area contributed by atoms with E-state index in [1.165, 1.54) is 18.5 Å². The number of hydrogen-bond donors (Lipinski definition) is 2. The number of hydrogen-bond acceptors (Lipinski definition) is 5. The van der Waals surface area contributed by atoms with Crippen LogP contribution in [0.5, 0.6) is 0 Å². The first-order valence-electron chi connectivity index (χ1n) is 13.2. The summed E-state index contributed by atoms with van der Waals surface area (Å²) in [5, 5.41) is 3.89. The fourth-order valence-electron chi connectivity index (χ4n) is 6.32. The maximum atomic E-state index is 14.3. The molecule has 2 amide bonds. The summed E-state index contributed by atoms with van der Waals surface area (Å²) in [6.45, 7) is 2.37. The molecule has 3 heterocycles. The van der Waals surface area contributed by atoms with Crippen molar-refractivity contribution in [3.05, 3.63) is 54.4 Å². The molecule has 9 heteroatoms. The molecule has 5 rings (SSSR count). The van der Waals surface area contributed by atoms with Crippen LogP contribution in [0.1, 0.15) is 63.6 Å². The fourth-order valence-corrected chi connectivity index (χ4v) is 6.32. The maximum absolute atomic E-state index is 14.3. The standard InChI is InChI=1S/C28H35FN6O2/c1-28(31-2,27(30)37)25(18-7-4-3-5-8-18)26(36)35-13-6-9-23(35)21-16-24(33-17-32-21)34-14-12-19-15-20(29)10-11-22(19)34/h10-12,14-18,23,25,31H,3-9,13H2,1-2H3,(H2,30,37)/t23-,25+,28?/m0/s1. The second kappa shape index (κ2) is 10.2. The van der Waals surface area contributed by atoms with E-state index in [1.807, 2.05) is 27.8 Å². The van der Waals surface area contributed by atoms with E-state index in [0.717, 1.165) is 61.5 Å². The van der Waals surface area contributed by atoms with Crippen molar-refractivity contribution < 1.29 is 14.0 Å². The van der Waals surface area contributed by atoms with Gasteiger partial charge in [-0.05, 0) is 69.8 Å².